The molecule has 4 amide bonds. The molecule has 350 valence electrons. The summed E-state index contributed by atoms with van der Waals surface area (Å²) in [5.74, 6) is -2.62. The molecule has 2 N–H and O–H groups in total. The smallest absolute Gasteiger partial charge is 0.338 e. The molecule has 14 heteroatoms. The number of hydrogen-bond donors (Lipinski definition) is 2. The molecule has 10 unspecified atom stereocenters. The summed E-state index contributed by atoms with van der Waals surface area (Å²) in [4.78, 5) is 86.7. The van der Waals surface area contributed by atoms with E-state index in [0.717, 1.165) is 0 Å². The Morgan fingerprint density at radius 1 is 0.794 bits per heavy atom. The lowest BCUT2D eigenvalue weighted by atomic mass is 9.89. The summed E-state index contributed by atoms with van der Waals surface area (Å²) in [5.41, 5.74) is 1.43. The van der Waals surface area contributed by atoms with E-state index in [2.05, 4.69) is 10.6 Å². The lowest BCUT2D eigenvalue weighted by molar-refractivity contribution is -0.148. The van der Waals surface area contributed by atoms with E-state index in [4.69, 9.17) is 14.2 Å². The Morgan fingerprint density at radius 3 is 1.90 bits per heavy atom. The maximum atomic E-state index is 14.4. The molecule has 10 atom stereocenters. The Kier molecular flexibility index (Phi) is 20.4. The van der Waals surface area contributed by atoms with Crippen LogP contribution in [-0.2, 0) is 33.4 Å². The van der Waals surface area contributed by atoms with Crippen LogP contribution in [0.25, 0.3) is 0 Å². The SMILES string of the molecule is CCC(C)C(C(CC(=O)N1CCCC1C(OC)C(C)C(=O)NC(C)C(OC(=O)c1ccc(C(C)=O)cc1)c1ccccc1)OC)N(C)C(=O)C(NC(=O)C(C(C)C)N(C)C)C(C)C. The van der Waals surface area contributed by atoms with Crippen LogP contribution in [-0.4, -0.2) is 134 Å². The van der Waals surface area contributed by atoms with E-state index in [-0.39, 0.29) is 59.1 Å². The van der Waals surface area contributed by atoms with Gasteiger partial charge in [0, 0.05) is 33.4 Å². The number of methoxy groups -OCH3 is 2. The van der Waals surface area contributed by atoms with Crippen molar-refractivity contribution >= 4 is 35.4 Å². The first-order valence-electron chi connectivity index (χ1n) is 22.5. The molecule has 1 fully saturated rings. The molecule has 1 aliphatic rings. The minimum absolute atomic E-state index is 0.00989. The van der Waals surface area contributed by atoms with E-state index in [9.17, 15) is 28.8 Å². The summed E-state index contributed by atoms with van der Waals surface area (Å²) in [7, 11) is 8.51. The first-order valence-corrected chi connectivity index (χ1v) is 22.5. The highest BCUT2D eigenvalue weighted by molar-refractivity contribution is 5.96. The van der Waals surface area contributed by atoms with Crippen molar-refractivity contribution in [3.05, 3.63) is 71.3 Å². The van der Waals surface area contributed by atoms with Crippen molar-refractivity contribution in [1.82, 2.24) is 25.3 Å². The summed E-state index contributed by atoms with van der Waals surface area (Å²) >= 11 is 0. The number of amides is 4. The van der Waals surface area contributed by atoms with Gasteiger partial charge in [-0.25, -0.2) is 4.79 Å². The van der Waals surface area contributed by atoms with E-state index in [1.165, 1.54) is 14.0 Å². The molecule has 3 rings (SSSR count). The standard InChI is InChI=1S/C49H75N5O9/c1-15-31(6)43(53(12)48(59)41(29(2)3)51-47(58)42(30(4)5)52(10)11)39(61-13)28-40(56)54-27-19-22-38(54)44(62-14)32(7)46(57)50-33(8)45(36-20-17-16-18-21-36)63-49(60)37-25-23-35(24-26-37)34(9)55/h16-18,20-21,23-26,29-33,38-39,41-45H,15,19,22,27-28H2,1-14H3,(H,50,57)(H,51,58). The van der Waals surface area contributed by atoms with Gasteiger partial charge >= 0.3 is 5.97 Å². The molecule has 2 aromatic rings. The molecule has 0 bridgehead atoms. The Balaban J connectivity index is 1.80. The maximum Gasteiger partial charge on any atom is 0.338 e. The first kappa shape index (κ1) is 52.7. The molecule has 1 saturated heterocycles. The number of ketones is 1. The number of likely N-dealkylation sites (tertiary alicyclic amines) is 1. The second kappa shape index (κ2) is 24.4. The minimum atomic E-state index is -0.843. The Morgan fingerprint density at radius 2 is 1.40 bits per heavy atom. The normalized spacial score (nSPS) is 18.4. The first-order chi connectivity index (χ1) is 29.7. The summed E-state index contributed by atoms with van der Waals surface area (Å²) in [6.07, 6.45) is -0.131. The number of carbonyl (C=O) groups is 6. The van der Waals surface area contributed by atoms with Crippen molar-refractivity contribution in [3.63, 3.8) is 0 Å². The minimum Gasteiger partial charge on any atom is -0.452 e. The maximum absolute atomic E-state index is 14.4. The molecular formula is C49H75N5O9. The summed E-state index contributed by atoms with van der Waals surface area (Å²) < 4.78 is 18.1. The van der Waals surface area contributed by atoms with Crippen molar-refractivity contribution < 1.29 is 43.0 Å². The number of benzene rings is 2. The van der Waals surface area contributed by atoms with Crippen molar-refractivity contribution in [2.24, 2.45) is 23.7 Å². The summed E-state index contributed by atoms with van der Waals surface area (Å²) in [6, 6.07) is 12.6. The van der Waals surface area contributed by atoms with Crippen LogP contribution in [0.5, 0.6) is 0 Å². The van der Waals surface area contributed by atoms with Crippen molar-refractivity contribution in [2.75, 3.05) is 41.9 Å². The van der Waals surface area contributed by atoms with Gasteiger partial charge in [0.25, 0.3) is 0 Å². The third-order valence-electron chi connectivity index (χ3n) is 12.7. The Labute approximate surface area is 376 Å². The lowest BCUT2D eigenvalue weighted by Crippen LogP contribution is -2.59. The van der Waals surface area contributed by atoms with Crippen LogP contribution < -0.4 is 10.6 Å². The van der Waals surface area contributed by atoms with Crippen LogP contribution >= 0.6 is 0 Å². The topological polar surface area (TPSA) is 164 Å². The van der Waals surface area contributed by atoms with Gasteiger partial charge in [-0.05, 0) is 76.2 Å². The quantitative estimate of drug-likeness (QED) is 0.101. The zero-order chi connectivity index (χ0) is 47.3. The molecule has 0 aliphatic carbocycles. The van der Waals surface area contributed by atoms with E-state index >= 15 is 0 Å². The second-order valence-electron chi connectivity index (χ2n) is 18.1. The van der Waals surface area contributed by atoms with Gasteiger partial charge in [0.05, 0.1) is 54.3 Å². The van der Waals surface area contributed by atoms with Crippen LogP contribution in [0, 0.1) is 23.7 Å². The lowest BCUT2D eigenvalue weighted by Gasteiger charge is -2.41. The average Bonchev–Trinajstić information content (AvgIpc) is 3.73. The highest BCUT2D eigenvalue weighted by Gasteiger charge is 2.43. The molecular weight excluding hydrogens is 803 g/mol. The van der Waals surface area contributed by atoms with Gasteiger partial charge < -0.3 is 34.6 Å². The molecule has 0 spiro atoms. The zero-order valence-electron chi connectivity index (χ0n) is 40.2. The number of esters is 1. The monoisotopic (exact) mass is 878 g/mol. The second-order valence-corrected chi connectivity index (χ2v) is 18.1. The van der Waals surface area contributed by atoms with Gasteiger partial charge in [0.15, 0.2) is 5.78 Å². The summed E-state index contributed by atoms with van der Waals surface area (Å²) in [5, 5.41) is 6.09. The molecule has 0 aromatic heterocycles. The number of nitrogens with zero attached hydrogens (tertiary/aromatic N) is 3. The Bertz CT molecular complexity index is 1810. The van der Waals surface area contributed by atoms with Crippen LogP contribution in [0.1, 0.15) is 120 Å². The van der Waals surface area contributed by atoms with Gasteiger partial charge in [-0.2, -0.15) is 0 Å². The number of Topliss-reactive ketones (excluding diaryl/α,β-unsaturated/α-hetero) is 1. The molecule has 1 aliphatic heterocycles. The van der Waals surface area contributed by atoms with Crippen LogP contribution in [0.2, 0.25) is 0 Å². The average molecular weight is 878 g/mol. The molecule has 1 heterocycles. The largest absolute Gasteiger partial charge is 0.452 e. The predicted octanol–water partition coefficient (Wildman–Crippen LogP) is 5.94. The number of ether oxygens (including phenoxy) is 3. The van der Waals surface area contributed by atoms with Gasteiger partial charge in [-0.3, -0.25) is 28.9 Å². The predicted molar refractivity (Wildman–Crippen MR) is 244 cm³/mol. The van der Waals surface area contributed by atoms with Crippen molar-refractivity contribution in [1.29, 1.82) is 0 Å². The van der Waals surface area contributed by atoms with Gasteiger partial charge in [0.2, 0.25) is 23.6 Å². The van der Waals surface area contributed by atoms with Gasteiger partial charge in [0.1, 0.15) is 12.1 Å². The van der Waals surface area contributed by atoms with Crippen molar-refractivity contribution in [2.45, 2.75) is 137 Å². The highest BCUT2D eigenvalue weighted by Crippen LogP contribution is 2.31. The molecule has 2 aromatic carbocycles. The number of rotatable bonds is 23. The fourth-order valence-electron chi connectivity index (χ4n) is 8.97. The van der Waals surface area contributed by atoms with Crippen LogP contribution in [0.3, 0.4) is 0 Å². The number of carbonyl (C=O) groups excluding carboxylic acids is 6. The van der Waals surface area contributed by atoms with E-state index < -0.39 is 60.4 Å². The van der Waals surface area contributed by atoms with E-state index in [1.807, 2.05) is 90.9 Å². The van der Waals surface area contributed by atoms with E-state index in [0.29, 0.717) is 36.9 Å². The van der Waals surface area contributed by atoms with Crippen LogP contribution in [0.15, 0.2) is 54.6 Å². The van der Waals surface area contributed by atoms with Gasteiger partial charge in [-0.15, -0.1) is 0 Å². The fraction of sp³-hybridized carbons (Fsp3) is 0.633. The molecule has 63 heavy (non-hydrogen) atoms. The summed E-state index contributed by atoms with van der Waals surface area (Å²) in [6.45, 7) is 17.3. The number of hydrogen-bond acceptors (Lipinski definition) is 10. The third-order valence-corrected chi connectivity index (χ3v) is 12.7. The number of nitrogens with one attached hydrogen (secondary N) is 2. The van der Waals surface area contributed by atoms with Crippen molar-refractivity contribution in [3.8, 4) is 0 Å². The van der Waals surface area contributed by atoms with E-state index in [1.54, 1.807) is 62.1 Å². The highest BCUT2D eigenvalue weighted by atomic mass is 16.5. The number of likely N-dealkylation sites (N-methyl/N-ethyl adjacent to an activating group) is 2. The molecule has 14 nitrogen and oxygen atoms in total. The zero-order valence-corrected chi connectivity index (χ0v) is 40.2. The third kappa shape index (κ3) is 13.7. The van der Waals surface area contributed by atoms with Gasteiger partial charge in [-0.1, -0.05) is 97.4 Å². The fourth-order valence-corrected chi connectivity index (χ4v) is 8.97. The molecule has 0 radical (unpaired) electrons. The Hall–Kier alpha value is -4.66. The van der Waals surface area contributed by atoms with Crippen LogP contribution in [0.4, 0.5) is 0 Å². The molecule has 0 saturated carbocycles.